The first-order chi connectivity index (χ1) is 11.4. The van der Waals surface area contributed by atoms with Crippen LogP contribution in [0.25, 0.3) is 0 Å². The summed E-state index contributed by atoms with van der Waals surface area (Å²) in [6.07, 6.45) is 1.25. The average molecular weight is 352 g/mol. The summed E-state index contributed by atoms with van der Waals surface area (Å²) in [6, 6.07) is 3.62. The zero-order valence-corrected chi connectivity index (χ0v) is 15.2. The lowest BCUT2D eigenvalue weighted by atomic mass is 9.94. The van der Waals surface area contributed by atoms with E-state index in [1.54, 1.807) is 9.80 Å². The van der Waals surface area contributed by atoms with Gasteiger partial charge in [0, 0.05) is 25.0 Å². The van der Waals surface area contributed by atoms with Gasteiger partial charge in [-0.15, -0.1) is 11.3 Å². The third kappa shape index (κ3) is 4.35. The van der Waals surface area contributed by atoms with Crippen molar-refractivity contribution in [3.05, 3.63) is 22.4 Å². The highest BCUT2D eigenvalue weighted by atomic mass is 32.1. The molecule has 132 valence electrons. The molecule has 1 fully saturated rings. The SMILES string of the molecule is COC(=O)CN(C(=O)C1CCN(C(=O)c2cccs2)CC1)C(C)C. The predicted octanol–water partition coefficient (Wildman–Crippen LogP) is 2.01. The van der Waals surface area contributed by atoms with Crippen LogP contribution in [0.5, 0.6) is 0 Å². The Morgan fingerprint density at radius 2 is 2.00 bits per heavy atom. The van der Waals surface area contributed by atoms with E-state index < -0.39 is 5.97 Å². The fourth-order valence-corrected chi connectivity index (χ4v) is 3.53. The molecule has 1 aliphatic heterocycles. The second kappa shape index (κ2) is 8.28. The number of likely N-dealkylation sites (tertiary alicyclic amines) is 1. The molecule has 1 aromatic rings. The summed E-state index contributed by atoms with van der Waals surface area (Å²) < 4.78 is 4.67. The minimum atomic E-state index is -0.414. The van der Waals surface area contributed by atoms with Crippen molar-refractivity contribution in [2.45, 2.75) is 32.7 Å². The molecule has 0 aliphatic carbocycles. The summed E-state index contributed by atoms with van der Waals surface area (Å²) >= 11 is 1.43. The topological polar surface area (TPSA) is 66.9 Å². The number of amides is 2. The number of hydrogen-bond donors (Lipinski definition) is 0. The molecule has 0 bridgehead atoms. The predicted molar refractivity (Wildman–Crippen MR) is 91.8 cm³/mol. The number of rotatable bonds is 5. The fraction of sp³-hybridized carbons (Fsp3) is 0.588. The van der Waals surface area contributed by atoms with Crippen LogP contribution >= 0.6 is 11.3 Å². The van der Waals surface area contributed by atoms with Crippen LogP contribution < -0.4 is 0 Å². The average Bonchev–Trinajstić information content (AvgIpc) is 3.12. The van der Waals surface area contributed by atoms with Gasteiger partial charge in [0.2, 0.25) is 5.91 Å². The highest BCUT2D eigenvalue weighted by molar-refractivity contribution is 7.12. The van der Waals surface area contributed by atoms with Crippen molar-refractivity contribution >= 4 is 29.1 Å². The van der Waals surface area contributed by atoms with Crippen molar-refractivity contribution in [2.24, 2.45) is 5.92 Å². The third-order valence-electron chi connectivity index (χ3n) is 4.30. The third-order valence-corrected chi connectivity index (χ3v) is 5.15. The Hall–Kier alpha value is -1.89. The second-order valence-corrected chi connectivity index (χ2v) is 7.13. The first kappa shape index (κ1) is 18.4. The number of carbonyl (C=O) groups excluding carboxylic acids is 3. The van der Waals surface area contributed by atoms with Crippen LogP contribution in [0.2, 0.25) is 0 Å². The second-order valence-electron chi connectivity index (χ2n) is 6.18. The number of carbonyl (C=O) groups is 3. The summed E-state index contributed by atoms with van der Waals surface area (Å²) in [5, 5.41) is 1.89. The molecule has 0 saturated carbocycles. The zero-order valence-electron chi connectivity index (χ0n) is 14.4. The number of ether oxygens (including phenoxy) is 1. The smallest absolute Gasteiger partial charge is 0.325 e. The van der Waals surface area contributed by atoms with E-state index in [4.69, 9.17) is 0 Å². The van der Waals surface area contributed by atoms with E-state index in [0.29, 0.717) is 25.9 Å². The van der Waals surface area contributed by atoms with Crippen LogP contribution in [0, 0.1) is 5.92 Å². The van der Waals surface area contributed by atoms with Gasteiger partial charge in [0.15, 0.2) is 0 Å². The molecule has 0 aromatic carbocycles. The molecule has 1 aliphatic rings. The van der Waals surface area contributed by atoms with E-state index in [2.05, 4.69) is 4.74 Å². The number of piperidine rings is 1. The maximum atomic E-state index is 12.7. The van der Waals surface area contributed by atoms with Crippen LogP contribution in [0.3, 0.4) is 0 Å². The lowest BCUT2D eigenvalue weighted by Crippen LogP contribution is -2.48. The molecule has 0 N–H and O–H groups in total. The van der Waals surface area contributed by atoms with Gasteiger partial charge in [-0.3, -0.25) is 14.4 Å². The molecule has 1 aromatic heterocycles. The lowest BCUT2D eigenvalue weighted by molar-refractivity contribution is -0.150. The van der Waals surface area contributed by atoms with Gasteiger partial charge in [-0.25, -0.2) is 0 Å². The normalized spacial score (nSPS) is 15.4. The molecular formula is C17H24N2O4S. The van der Waals surface area contributed by atoms with Gasteiger partial charge in [0.25, 0.3) is 5.91 Å². The van der Waals surface area contributed by atoms with Crippen LogP contribution in [0.15, 0.2) is 17.5 Å². The Kier molecular flexibility index (Phi) is 6.36. The summed E-state index contributed by atoms with van der Waals surface area (Å²) in [6.45, 7) is 4.88. The minimum Gasteiger partial charge on any atom is -0.468 e. The van der Waals surface area contributed by atoms with E-state index in [1.165, 1.54) is 18.4 Å². The Morgan fingerprint density at radius 3 is 2.50 bits per heavy atom. The number of nitrogens with zero attached hydrogens (tertiary/aromatic N) is 2. The Labute approximate surface area is 146 Å². The van der Waals surface area contributed by atoms with Crippen molar-refractivity contribution < 1.29 is 19.1 Å². The molecule has 24 heavy (non-hydrogen) atoms. The van der Waals surface area contributed by atoms with Crippen molar-refractivity contribution in [3.8, 4) is 0 Å². The van der Waals surface area contributed by atoms with E-state index in [-0.39, 0.29) is 30.3 Å². The summed E-state index contributed by atoms with van der Waals surface area (Å²) in [5.41, 5.74) is 0. The van der Waals surface area contributed by atoms with Gasteiger partial charge < -0.3 is 14.5 Å². The molecule has 0 radical (unpaired) electrons. The van der Waals surface area contributed by atoms with Crippen molar-refractivity contribution in [1.82, 2.24) is 9.80 Å². The summed E-state index contributed by atoms with van der Waals surface area (Å²) in [4.78, 5) is 40.7. The van der Waals surface area contributed by atoms with Crippen LogP contribution in [-0.4, -0.2) is 60.4 Å². The fourth-order valence-electron chi connectivity index (χ4n) is 2.84. The standard InChI is InChI=1S/C17H24N2O4S/c1-12(2)19(11-15(20)23-3)16(21)13-6-8-18(9-7-13)17(22)14-5-4-10-24-14/h4-5,10,12-13H,6-9,11H2,1-3H3. The van der Waals surface area contributed by atoms with Crippen molar-refractivity contribution in [3.63, 3.8) is 0 Å². The van der Waals surface area contributed by atoms with Gasteiger partial charge in [-0.1, -0.05) is 6.07 Å². The van der Waals surface area contributed by atoms with E-state index in [0.717, 1.165) is 4.88 Å². The Morgan fingerprint density at radius 1 is 1.33 bits per heavy atom. The summed E-state index contributed by atoms with van der Waals surface area (Å²) in [7, 11) is 1.32. The van der Waals surface area contributed by atoms with Gasteiger partial charge in [0.1, 0.15) is 6.54 Å². The van der Waals surface area contributed by atoms with Crippen molar-refractivity contribution in [1.29, 1.82) is 0 Å². The van der Waals surface area contributed by atoms with E-state index in [1.807, 2.05) is 31.4 Å². The highest BCUT2D eigenvalue weighted by Crippen LogP contribution is 2.23. The van der Waals surface area contributed by atoms with Crippen molar-refractivity contribution in [2.75, 3.05) is 26.7 Å². The summed E-state index contributed by atoms with van der Waals surface area (Å²) in [5.74, 6) is -0.559. The van der Waals surface area contributed by atoms with Crippen LogP contribution in [-0.2, 0) is 14.3 Å². The number of esters is 1. The van der Waals surface area contributed by atoms with Crippen LogP contribution in [0.1, 0.15) is 36.4 Å². The number of thiophene rings is 1. The number of hydrogen-bond acceptors (Lipinski definition) is 5. The maximum Gasteiger partial charge on any atom is 0.325 e. The van der Waals surface area contributed by atoms with Gasteiger partial charge in [-0.05, 0) is 38.1 Å². The molecular weight excluding hydrogens is 328 g/mol. The maximum absolute atomic E-state index is 12.7. The molecule has 0 spiro atoms. The monoisotopic (exact) mass is 352 g/mol. The molecule has 7 heteroatoms. The molecule has 2 rings (SSSR count). The first-order valence-corrected chi connectivity index (χ1v) is 9.02. The Balaban J connectivity index is 1.93. The lowest BCUT2D eigenvalue weighted by Gasteiger charge is -2.35. The number of methoxy groups -OCH3 is 1. The van der Waals surface area contributed by atoms with Gasteiger partial charge in [0.05, 0.1) is 12.0 Å². The molecule has 1 saturated heterocycles. The molecule has 0 atom stereocenters. The zero-order chi connectivity index (χ0) is 17.7. The largest absolute Gasteiger partial charge is 0.468 e. The molecule has 2 amide bonds. The van der Waals surface area contributed by atoms with Gasteiger partial charge in [-0.2, -0.15) is 0 Å². The van der Waals surface area contributed by atoms with E-state index >= 15 is 0 Å². The molecule has 2 heterocycles. The quantitative estimate of drug-likeness (QED) is 0.760. The molecule has 0 unspecified atom stereocenters. The minimum absolute atomic E-state index is 0.0264. The first-order valence-electron chi connectivity index (χ1n) is 8.14. The molecule has 6 nitrogen and oxygen atoms in total. The van der Waals surface area contributed by atoms with Gasteiger partial charge >= 0.3 is 5.97 Å². The highest BCUT2D eigenvalue weighted by Gasteiger charge is 2.32. The van der Waals surface area contributed by atoms with Crippen LogP contribution in [0.4, 0.5) is 0 Å². The van der Waals surface area contributed by atoms with E-state index in [9.17, 15) is 14.4 Å². The Bertz CT molecular complexity index is 577.